The highest BCUT2D eigenvalue weighted by Gasteiger charge is 2.12. The number of rotatable bonds is 3. The Kier molecular flexibility index (Phi) is 2.65. The van der Waals surface area contributed by atoms with Gasteiger partial charge in [0.05, 0.1) is 6.61 Å². The maximum atomic E-state index is 9.33. The van der Waals surface area contributed by atoms with E-state index in [1.165, 1.54) is 0 Å². The second kappa shape index (κ2) is 4.11. The molecule has 72 valence electrons. The van der Waals surface area contributed by atoms with Crippen LogP contribution in [0.25, 0.3) is 0 Å². The maximum absolute atomic E-state index is 9.33. The molecule has 0 bridgehead atoms. The van der Waals surface area contributed by atoms with Gasteiger partial charge in [-0.1, -0.05) is 30.3 Å². The van der Waals surface area contributed by atoms with Crippen molar-refractivity contribution in [3.8, 4) is 0 Å². The Morgan fingerprint density at radius 1 is 1.07 bits per heavy atom. The number of hydrogen-bond acceptors (Lipinski definition) is 1. The summed E-state index contributed by atoms with van der Waals surface area (Å²) in [5, 5.41) is 9.33. The molecule has 2 N–H and O–H groups in total. The summed E-state index contributed by atoms with van der Waals surface area (Å²) in [4.78, 5) is 3.13. The first-order chi connectivity index (χ1) is 6.92. The molecule has 1 aromatic carbocycles. The second-order valence-corrected chi connectivity index (χ2v) is 3.27. The van der Waals surface area contributed by atoms with E-state index in [-0.39, 0.29) is 12.5 Å². The lowest BCUT2D eigenvalue weighted by Gasteiger charge is -2.12. The van der Waals surface area contributed by atoms with E-state index in [0.717, 1.165) is 11.3 Å². The van der Waals surface area contributed by atoms with Crippen molar-refractivity contribution in [3.63, 3.8) is 0 Å². The SMILES string of the molecule is OCC(c1ccccc1)c1ccc[nH]1. The van der Waals surface area contributed by atoms with E-state index in [1.54, 1.807) is 0 Å². The van der Waals surface area contributed by atoms with Crippen LogP contribution in [0.4, 0.5) is 0 Å². The smallest absolute Gasteiger partial charge is 0.0554 e. The minimum atomic E-state index is 0.0613. The lowest BCUT2D eigenvalue weighted by molar-refractivity contribution is 0.279. The number of H-pyrrole nitrogens is 1. The number of aromatic nitrogens is 1. The van der Waals surface area contributed by atoms with Crippen LogP contribution < -0.4 is 0 Å². The number of hydrogen-bond donors (Lipinski definition) is 2. The third-order valence-corrected chi connectivity index (χ3v) is 2.38. The molecule has 1 heterocycles. The Hall–Kier alpha value is -1.54. The third kappa shape index (κ3) is 1.70. The van der Waals surface area contributed by atoms with Crippen LogP contribution in [0.5, 0.6) is 0 Å². The Bertz CT molecular complexity index is 366. The largest absolute Gasteiger partial charge is 0.395 e. The van der Waals surface area contributed by atoms with Gasteiger partial charge in [0.1, 0.15) is 0 Å². The van der Waals surface area contributed by atoms with E-state index < -0.39 is 0 Å². The molecule has 0 spiro atoms. The van der Waals surface area contributed by atoms with E-state index in [4.69, 9.17) is 0 Å². The number of aliphatic hydroxyl groups excluding tert-OH is 1. The standard InChI is InChI=1S/C12H13NO/c14-9-11(12-7-4-8-13-12)10-5-2-1-3-6-10/h1-8,11,13-14H,9H2. The average molecular weight is 187 g/mol. The van der Waals surface area contributed by atoms with Crippen molar-refractivity contribution in [2.24, 2.45) is 0 Å². The number of aromatic amines is 1. The summed E-state index contributed by atoms with van der Waals surface area (Å²) in [6, 6.07) is 14.0. The van der Waals surface area contributed by atoms with Crippen LogP contribution in [0.1, 0.15) is 17.2 Å². The lowest BCUT2D eigenvalue weighted by atomic mass is 9.97. The van der Waals surface area contributed by atoms with Crippen molar-refractivity contribution in [2.45, 2.75) is 5.92 Å². The number of aliphatic hydroxyl groups is 1. The van der Waals surface area contributed by atoms with Crippen LogP contribution in [0.15, 0.2) is 48.7 Å². The minimum absolute atomic E-state index is 0.0613. The molecule has 0 saturated heterocycles. The van der Waals surface area contributed by atoms with Gasteiger partial charge >= 0.3 is 0 Å². The molecule has 0 saturated carbocycles. The summed E-state index contributed by atoms with van der Waals surface area (Å²) in [6.45, 7) is 0.129. The molecule has 0 radical (unpaired) electrons. The van der Waals surface area contributed by atoms with Crippen molar-refractivity contribution in [3.05, 3.63) is 59.9 Å². The molecular weight excluding hydrogens is 174 g/mol. The fraction of sp³-hybridized carbons (Fsp3) is 0.167. The molecule has 0 aliphatic heterocycles. The van der Waals surface area contributed by atoms with Crippen LogP contribution >= 0.6 is 0 Å². The Labute approximate surface area is 83.2 Å². The molecule has 0 amide bonds. The summed E-state index contributed by atoms with van der Waals surface area (Å²) in [5.41, 5.74) is 2.19. The molecule has 2 nitrogen and oxygen atoms in total. The topological polar surface area (TPSA) is 36.0 Å². The highest BCUT2D eigenvalue weighted by Crippen LogP contribution is 2.21. The van der Waals surface area contributed by atoms with E-state index >= 15 is 0 Å². The Morgan fingerprint density at radius 3 is 2.43 bits per heavy atom. The second-order valence-electron chi connectivity index (χ2n) is 3.27. The van der Waals surface area contributed by atoms with Crippen molar-refractivity contribution in [1.82, 2.24) is 4.98 Å². The predicted octanol–water partition coefficient (Wildman–Crippen LogP) is 2.14. The van der Waals surface area contributed by atoms with Gasteiger partial charge in [0.2, 0.25) is 0 Å². The molecule has 2 aromatic rings. The van der Waals surface area contributed by atoms with Gasteiger partial charge in [0.15, 0.2) is 0 Å². The predicted molar refractivity (Wildman–Crippen MR) is 56.2 cm³/mol. The van der Waals surface area contributed by atoms with Crippen LogP contribution in [0.2, 0.25) is 0 Å². The van der Waals surface area contributed by atoms with Gasteiger partial charge in [-0.05, 0) is 17.7 Å². The van der Waals surface area contributed by atoms with Crippen molar-refractivity contribution in [1.29, 1.82) is 0 Å². The van der Waals surface area contributed by atoms with Crippen molar-refractivity contribution < 1.29 is 5.11 Å². The maximum Gasteiger partial charge on any atom is 0.0554 e. The molecular formula is C12H13NO. The molecule has 1 aromatic heterocycles. The fourth-order valence-corrected chi connectivity index (χ4v) is 1.63. The molecule has 0 aliphatic rings. The normalized spacial score (nSPS) is 12.6. The van der Waals surface area contributed by atoms with Crippen LogP contribution in [0, 0.1) is 0 Å². The summed E-state index contributed by atoms with van der Waals surface area (Å²) in [5.74, 6) is 0.0613. The Morgan fingerprint density at radius 2 is 1.86 bits per heavy atom. The van der Waals surface area contributed by atoms with Gasteiger partial charge in [0, 0.05) is 17.8 Å². The fourth-order valence-electron chi connectivity index (χ4n) is 1.63. The molecule has 2 rings (SSSR count). The van der Waals surface area contributed by atoms with Crippen LogP contribution in [-0.2, 0) is 0 Å². The molecule has 14 heavy (non-hydrogen) atoms. The van der Waals surface area contributed by atoms with Gasteiger partial charge in [0.25, 0.3) is 0 Å². The number of benzene rings is 1. The Balaban J connectivity index is 2.31. The number of nitrogens with one attached hydrogen (secondary N) is 1. The average Bonchev–Trinajstić information content (AvgIpc) is 2.74. The van der Waals surface area contributed by atoms with Gasteiger partial charge in [-0.15, -0.1) is 0 Å². The summed E-state index contributed by atoms with van der Waals surface area (Å²) >= 11 is 0. The first-order valence-electron chi connectivity index (χ1n) is 4.71. The van der Waals surface area contributed by atoms with Crippen molar-refractivity contribution >= 4 is 0 Å². The van der Waals surface area contributed by atoms with Crippen LogP contribution in [0.3, 0.4) is 0 Å². The molecule has 1 unspecified atom stereocenters. The van der Waals surface area contributed by atoms with E-state index in [9.17, 15) is 5.11 Å². The lowest BCUT2D eigenvalue weighted by Crippen LogP contribution is -2.05. The molecule has 0 aliphatic carbocycles. The highest BCUT2D eigenvalue weighted by molar-refractivity contribution is 5.28. The highest BCUT2D eigenvalue weighted by atomic mass is 16.3. The zero-order valence-corrected chi connectivity index (χ0v) is 7.85. The third-order valence-electron chi connectivity index (χ3n) is 2.38. The van der Waals surface area contributed by atoms with Gasteiger partial charge in [-0.2, -0.15) is 0 Å². The minimum Gasteiger partial charge on any atom is -0.395 e. The van der Waals surface area contributed by atoms with Gasteiger partial charge in [-0.3, -0.25) is 0 Å². The van der Waals surface area contributed by atoms with Gasteiger partial charge < -0.3 is 10.1 Å². The monoisotopic (exact) mass is 187 g/mol. The zero-order valence-electron chi connectivity index (χ0n) is 7.85. The summed E-state index contributed by atoms with van der Waals surface area (Å²) in [7, 11) is 0. The molecule has 1 atom stereocenters. The van der Waals surface area contributed by atoms with E-state index in [1.807, 2.05) is 48.7 Å². The van der Waals surface area contributed by atoms with Crippen LogP contribution in [-0.4, -0.2) is 16.7 Å². The first-order valence-corrected chi connectivity index (χ1v) is 4.71. The first kappa shape index (κ1) is 9.03. The zero-order chi connectivity index (χ0) is 9.80. The molecule has 2 heteroatoms. The summed E-state index contributed by atoms with van der Waals surface area (Å²) in [6.07, 6.45) is 1.88. The van der Waals surface area contributed by atoms with E-state index in [2.05, 4.69) is 4.98 Å². The van der Waals surface area contributed by atoms with Crippen molar-refractivity contribution in [2.75, 3.05) is 6.61 Å². The molecule has 0 fully saturated rings. The summed E-state index contributed by atoms with van der Waals surface area (Å²) < 4.78 is 0. The quantitative estimate of drug-likeness (QED) is 0.758. The van der Waals surface area contributed by atoms with Gasteiger partial charge in [-0.25, -0.2) is 0 Å². The van der Waals surface area contributed by atoms with E-state index in [0.29, 0.717) is 0 Å².